The summed E-state index contributed by atoms with van der Waals surface area (Å²) in [5, 5.41) is 23.0. The Morgan fingerprint density at radius 2 is 1.14 bits per heavy atom. The minimum Gasteiger partial charge on any atom is -0.493 e. The van der Waals surface area contributed by atoms with Gasteiger partial charge in [0.15, 0.2) is 29.2 Å². The average Bonchev–Trinajstić information content (AvgIpc) is 1.64. The van der Waals surface area contributed by atoms with Gasteiger partial charge in [-0.05, 0) is 107 Å². The number of benzene rings is 3. The number of methoxy groups -OCH3 is 2. The smallest absolute Gasteiger partial charge is 0.416 e. The van der Waals surface area contributed by atoms with Crippen LogP contribution >= 0.6 is 0 Å². The molecule has 0 aromatic heterocycles. The Morgan fingerprint density at radius 3 is 1.75 bits per heavy atom. The number of fused-ring (bicyclic) bond motifs is 4. The summed E-state index contributed by atoms with van der Waals surface area (Å²) in [6, 6.07) is 9.94. The Hall–Kier alpha value is -9.12. The molecule has 5 N–H and O–H groups in total. The molecular weight excluding hydrogens is 1490 g/mol. The first-order valence-corrected chi connectivity index (χ1v) is 40.2. The standard InChI is InChI=1S/C83H117N9O23/c1-54(2)76(88-74(94)22-27-105-29-31-107-33-35-109-37-39-111-41-42-112-40-38-110-36-34-108-32-30-106-28-23-84-73(93)21-24-89-75(95)47-63(79(89)98)62-16-12-9-11-15-57(62)5)78(97)86-58(6)77(96)87-60-19-17-59(18-20-60)53-115-83(102)92-67-49-72(70(104-8)46-65(67)81(100)91-52-56(4)44-68(91)82(92)101)114-26-14-10-13-25-113-71-48-66-64(45-69(71)103-7)80(99)90-51-55(3)43-61(90)50-85-66/h17-20,45-46,48-52,54,57-58,61-63,68,76,82,101H,9-16,21-44,47,53H2,1-8H3,(H,84,93)(H,86,97)(H,87,96)(H,88,94)/t57?,58-,61-,62?,63?,68-,76-,82-/m0/s1. The van der Waals surface area contributed by atoms with Crippen molar-refractivity contribution >= 4 is 76.6 Å². The lowest BCUT2D eigenvalue weighted by Gasteiger charge is -2.31. The number of hydrogen-bond acceptors (Lipinski definition) is 24. The third-order valence-electron chi connectivity index (χ3n) is 20.8. The van der Waals surface area contributed by atoms with Crippen LogP contribution < -0.4 is 45.1 Å². The highest BCUT2D eigenvalue weighted by molar-refractivity contribution is 6.07. The minimum absolute atomic E-state index is 0.0138. The second-order valence-electron chi connectivity index (χ2n) is 29.8. The second kappa shape index (κ2) is 46.6. The van der Waals surface area contributed by atoms with Crippen molar-refractivity contribution in [2.24, 2.45) is 28.7 Å². The van der Waals surface area contributed by atoms with E-state index in [4.69, 9.17) is 61.6 Å². The van der Waals surface area contributed by atoms with E-state index in [1.165, 1.54) is 55.9 Å². The fourth-order valence-corrected chi connectivity index (χ4v) is 14.5. The zero-order valence-corrected chi connectivity index (χ0v) is 67.8. The van der Waals surface area contributed by atoms with Crippen molar-refractivity contribution in [3.63, 3.8) is 0 Å². The molecule has 9 amide bonds. The lowest BCUT2D eigenvalue weighted by Crippen LogP contribution is -2.53. The molecule has 632 valence electrons. The number of carbonyl (C=O) groups excluding carboxylic acids is 9. The third-order valence-corrected chi connectivity index (χ3v) is 20.8. The Morgan fingerprint density at radius 1 is 0.583 bits per heavy atom. The van der Waals surface area contributed by atoms with Crippen LogP contribution in [0.4, 0.5) is 21.9 Å². The van der Waals surface area contributed by atoms with Crippen molar-refractivity contribution in [2.75, 3.05) is 156 Å². The fraction of sp³-hybridized carbons (Fsp3) is 0.614. The number of likely N-dealkylation sites (tertiary alicyclic amines) is 1. The van der Waals surface area contributed by atoms with Crippen LogP contribution in [0.25, 0.3) is 0 Å². The van der Waals surface area contributed by atoms with Gasteiger partial charge in [0.25, 0.3) is 11.8 Å². The Kier molecular flexibility index (Phi) is 36.4. The monoisotopic (exact) mass is 1610 g/mol. The summed E-state index contributed by atoms with van der Waals surface area (Å²) in [4.78, 5) is 130. The van der Waals surface area contributed by atoms with Gasteiger partial charge >= 0.3 is 6.09 Å². The third kappa shape index (κ3) is 26.7. The first-order chi connectivity index (χ1) is 55.6. The van der Waals surface area contributed by atoms with Gasteiger partial charge in [0.05, 0.1) is 174 Å². The summed E-state index contributed by atoms with van der Waals surface area (Å²) in [5.74, 6) is -1.16. The van der Waals surface area contributed by atoms with E-state index in [0.29, 0.717) is 165 Å². The molecule has 8 atom stereocenters. The summed E-state index contributed by atoms with van der Waals surface area (Å²) >= 11 is 0. The number of unbranched alkanes of at least 4 members (excludes halogenated alkanes) is 2. The number of hydrogen-bond donors (Lipinski definition) is 5. The maximum absolute atomic E-state index is 14.3. The average molecular weight is 1610 g/mol. The molecule has 6 aliphatic rings. The molecule has 0 spiro atoms. The predicted molar refractivity (Wildman–Crippen MR) is 423 cm³/mol. The summed E-state index contributed by atoms with van der Waals surface area (Å²) in [5.41, 5.74) is 3.92. The molecular formula is C83H117N9O23. The molecule has 5 aliphatic heterocycles. The molecule has 1 saturated carbocycles. The molecule has 5 heterocycles. The van der Waals surface area contributed by atoms with E-state index in [-0.39, 0.29) is 129 Å². The Labute approximate surface area is 673 Å². The van der Waals surface area contributed by atoms with Gasteiger partial charge in [-0.3, -0.25) is 48.2 Å². The van der Waals surface area contributed by atoms with Crippen LogP contribution in [0.5, 0.6) is 23.0 Å². The molecule has 32 nitrogen and oxygen atoms in total. The summed E-state index contributed by atoms with van der Waals surface area (Å²) in [6.07, 6.45) is 11.6. The number of nitrogens with zero attached hydrogens (tertiary/aromatic N) is 5. The normalized spacial score (nSPS) is 19.6. The van der Waals surface area contributed by atoms with Gasteiger partial charge < -0.3 is 97.8 Å². The van der Waals surface area contributed by atoms with E-state index >= 15 is 0 Å². The zero-order chi connectivity index (χ0) is 82.2. The minimum atomic E-state index is -1.53. The van der Waals surface area contributed by atoms with Crippen LogP contribution in [0.15, 0.2) is 77.1 Å². The fourth-order valence-electron chi connectivity index (χ4n) is 14.5. The van der Waals surface area contributed by atoms with Crippen LogP contribution in [0, 0.1) is 23.7 Å². The zero-order valence-electron chi connectivity index (χ0n) is 67.8. The van der Waals surface area contributed by atoms with E-state index in [1.807, 2.05) is 20.0 Å². The van der Waals surface area contributed by atoms with Gasteiger partial charge in [0, 0.05) is 68.8 Å². The number of ether oxygens (including phenoxy) is 13. The highest BCUT2D eigenvalue weighted by Crippen LogP contribution is 2.44. The number of carbonyl (C=O) groups is 9. The van der Waals surface area contributed by atoms with Crippen molar-refractivity contribution in [2.45, 2.75) is 162 Å². The topological polar surface area (TPSA) is 367 Å². The lowest BCUT2D eigenvalue weighted by atomic mass is 9.78. The molecule has 0 radical (unpaired) electrons. The predicted octanol–water partition coefficient (Wildman–Crippen LogP) is 7.96. The van der Waals surface area contributed by atoms with Gasteiger partial charge in [-0.2, -0.15) is 0 Å². The van der Waals surface area contributed by atoms with Crippen LogP contribution in [-0.4, -0.2) is 256 Å². The number of rotatable bonds is 49. The number of aliphatic imine (C=N–C) groups is 1. The van der Waals surface area contributed by atoms with Gasteiger partial charge in [0.1, 0.15) is 18.7 Å². The summed E-state index contributed by atoms with van der Waals surface area (Å²) in [6.45, 7) is 17.3. The van der Waals surface area contributed by atoms with E-state index < -0.39 is 54.1 Å². The number of amides is 9. The molecule has 1 saturated heterocycles. The molecule has 0 bridgehead atoms. The largest absolute Gasteiger partial charge is 0.493 e. The van der Waals surface area contributed by atoms with E-state index in [9.17, 15) is 48.3 Å². The van der Waals surface area contributed by atoms with Gasteiger partial charge in [0.2, 0.25) is 35.4 Å². The number of aliphatic hydroxyl groups is 1. The summed E-state index contributed by atoms with van der Waals surface area (Å²) in [7, 11) is 2.96. The number of nitrogens with one attached hydrogen (secondary N) is 4. The Balaban J connectivity index is 0.570. The van der Waals surface area contributed by atoms with Crippen LogP contribution in [-0.2, 0) is 78.0 Å². The van der Waals surface area contributed by atoms with Crippen LogP contribution in [0.2, 0.25) is 0 Å². The van der Waals surface area contributed by atoms with Gasteiger partial charge in [-0.25, -0.2) is 9.69 Å². The van der Waals surface area contributed by atoms with Crippen LogP contribution in [0.1, 0.15) is 151 Å². The van der Waals surface area contributed by atoms with Crippen molar-refractivity contribution < 1.29 is 110 Å². The molecule has 115 heavy (non-hydrogen) atoms. The highest BCUT2D eigenvalue weighted by Gasteiger charge is 2.47. The van der Waals surface area contributed by atoms with Crippen LogP contribution in [0.3, 0.4) is 0 Å². The van der Waals surface area contributed by atoms with Gasteiger partial charge in [-0.1, -0.05) is 69.7 Å². The van der Waals surface area contributed by atoms with Crippen molar-refractivity contribution in [1.82, 2.24) is 30.7 Å². The molecule has 1 aliphatic carbocycles. The molecule has 3 unspecified atom stereocenters. The lowest BCUT2D eigenvalue weighted by molar-refractivity contribution is -0.140. The quantitative estimate of drug-likeness (QED) is 0.0203. The maximum atomic E-state index is 14.3. The molecule has 3 aromatic carbocycles. The van der Waals surface area contributed by atoms with Crippen molar-refractivity contribution in [3.05, 3.63) is 88.8 Å². The van der Waals surface area contributed by atoms with Gasteiger partial charge in [-0.15, -0.1) is 0 Å². The van der Waals surface area contributed by atoms with Crippen molar-refractivity contribution in [1.29, 1.82) is 0 Å². The molecule has 32 heteroatoms. The second-order valence-corrected chi connectivity index (χ2v) is 29.8. The molecule has 9 rings (SSSR count). The summed E-state index contributed by atoms with van der Waals surface area (Å²) < 4.78 is 73.9. The SMILES string of the molecule is COc1cc2c(cc1OCCCCCOc1cc3c(cc1OC)C(=O)N1C=C(C)C[C@H]1[C@H](O)N3C(=O)OCc1ccc(NC(=O)[C@H](C)NC(=O)[C@@H](NC(=O)CCOCCOCCOCCOCCOCCOCCOCCOCCNC(=O)CCN3C(=O)CC(C4CCCCCC4C)C3=O)C(C)C)cc1)N=C[C@@H]1CC(C)=CN1C2=O. The van der Waals surface area contributed by atoms with E-state index in [1.54, 1.807) is 67.6 Å². The first kappa shape index (κ1) is 89.8. The van der Waals surface area contributed by atoms with E-state index in [0.717, 1.165) is 41.7 Å². The number of anilines is 2. The first-order valence-electron chi connectivity index (χ1n) is 40.2. The molecule has 2 fully saturated rings. The Bertz CT molecular complexity index is 3840. The number of imide groups is 1. The highest BCUT2D eigenvalue weighted by atomic mass is 16.6. The van der Waals surface area contributed by atoms with Crippen molar-refractivity contribution in [3.8, 4) is 23.0 Å². The maximum Gasteiger partial charge on any atom is 0.416 e. The number of aliphatic hydroxyl groups excluding tert-OH is 1. The van der Waals surface area contributed by atoms with E-state index in [2.05, 4.69) is 33.2 Å². The molecule has 3 aromatic rings.